The van der Waals surface area contributed by atoms with Gasteiger partial charge in [0.25, 0.3) is 0 Å². The Morgan fingerprint density at radius 1 is 1.26 bits per heavy atom. The molecule has 4 rings (SSSR count). The number of aromatic nitrogens is 1. The van der Waals surface area contributed by atoms with E-state index in [0.717, 1.165) is 50.2 Å². The van der Waals surface area contributed by atoms with E-state index in [2.05, 4.69) is 40.3 Å². The third kappa shape index (κ3) is 4.03. The zero-order valence-corrected chi connectivity index (χ0v) is 19.0. The monoisotopic (exact) mass is 426 g/mol. The highest BCUT2D eigenvalue weighted by Gasteiger charge is 2.41. The number of likely N-dealkylation sites (N-methyl/N-ethyl adjacent to an activating group) is 1. The number of fused-ring (bicyclic) bond motifs is 2. The number of esters is 1. The van der Waals surface area contributed by atoms with Gasteiger partial charge in [0, 0.05) is 55.5 Å². The van der Waals surface area contributed by atoms with Crippen molar-refractivity contribution in [3.05, 3.63) is 35.0 Å². The minimum absolute atomic E-state index is 0.0320. The average Bonchev–Trinajstić information content (AvgIpc) is 3.12. The third-order valence-electron chi connectivity index (χ3n) is 6.99. The summed E-state index contributed by atoms with van der Waals surface area (Å²) in [7, 11) is 0. The molecule has 2 amide bonds. The van der Waals surface area contributed by atoms with Crippen molar-refractivity contribution in [1.82, 2.24) is 20.1 Å². The highest BCUT2D eigenvalue weighted by atomic mass is 16.5. The summed E-state index contributed by atoms with van der Waals surface area (Å²) in [5.41, 5.74) is 4.72. The number of nitrogens with one attached hydrogen (secondary N) is 2. The zero-order valence-electron chi connectivity index (χ0n) is 19.0. The zero-order chi connectivity index (χ0) is 22.1. The summed E-state index contributed by atoms with van der Waals surface area (Å²) in [6.45, 7) is 11.2. The van der Waals surface area contributed by atoms with Crippen LogP contribution in [0.5, 0.6) is 0 Å². The van der Waals surface area contributed by atoms with Crippen LogP contribution in [0.4, 0.5) is 4.79 Å². The Hall–Kier alpha value is -2.54. The van der Waals surface area contributed by atoms with Gasteiger partial charge in [0.1, 0.15) is 6.61 Å². The van der Waals surface area contributed by atoms with E-state index in [1.807, 2.05) is 18.7 Å². The van der Waals surface area contributed by atoms with E-state index >= 15 is 0 Å². The van der Waals surface area contributed by atoms with Gasteiger partial charge in [-0.1, -0.05) is 19.1 Å². The predicted octanol–water partition coefficient (Wildman–Crippen LogP) is 3.38. The van der Waals surface area contributed by atoms with Gasteiger partial charge in [-0.2, -0.15) is 0 Å². The lowest BCUT2D eigenvalue weighted by Crippen LogP contribution is -2.57. The van der Waals surface area contributed by atoms with Crippen molar-refractivity contribution in [2.24, 2.45) is 0 Å². The van der Waals surface area contributed by atoms with Crippen LogP contribution in [0.3, 0.4) is 0 Å². The first kappa shape index (κ1) is 21.7. The Labute approximate surface area is 184 Å². The second kappa shape index (κ2) is 8.91. The number of H-pyrrole nitrogens is 1. The van der Waals surface area contributed by atoms with Crippen LogP contribution in [0, 0.1) is 0 Å². The molecule has 0 spiro atoms. The minimum Gasteiger partial charge on any atom is -0.459 e. The Morgan fingerprint density at radius 2 is 2.03 bits per heavy atom. The van der Waals surface area contributed by atoms with Gasteiger partial charge in [-0.25, -0.2) is 4.79 Å². The number of urea groups is 1. The number of carbonyl (C=O) groups excluding carboxylic acids is 2. The van der Waals surface area contributed by atoms with Crippen LogP contribution in [0.2, 0.25) is 0 Å². The lowest BCUT2D eigenvalue weighted by molar-refractivity contribution is -0.142. The molecule has 3 atom stereocenters. The SMILES string of the molecule is CCN(CC)C(=O)N[C@H]1C[C@@H]2c3cccc4[nH]c(COC(C)=O)c(c34)C[C@H]2N(CC)C1. The molecule has 1 saturated heterocycles. The summed E-state index contributed by atoms with van der Waals surface area (Å²) in [4.78, 5) is 31.9. The molecule has 1 aromatic heterocycles. The molecule has 2 N–H and O–H groups in total. The largest absolute Gasteiger partial charge is 0.459 e. The molecule has 1 aromatic carbocycles. The van der Waals surface area contributed by atoms with Crippen molar-refractivity contribution in [2.45, 2.75) is 65.1 Å². The number of ether oxygens (including phenoxy) is 1. The van der Waals surface area contributed by atoms with E-state index in [1.54, 1.807) is 0 Å². The Kier molecular flexibility index (Phi) is 6.23. The van der Waals surface area contributed by atoms with Gasteiger partial charge < -0.3 is 19.9 Å². The molecule has 7 nitrogen and oxygen atoms in total. The number of aromatic amines is 1. The number of carbonyl (C=O) groups is 2. The number of hydrogen-bond donors (Lipinski definition) is 2. The maximum Gasteiger partial charge on any atom is 0.317 e. The smallest absolute Gasteiger partial charge is 0.317 e. The van der Waals surface area contributed by atoms with Gasteiger partial charge in [0.2, 0.25) is 0 Å². The lowest BCUT2D eigenvalue weighted by Gasteiger charge is -2.47. The summed E-state index contributed by atoms with van der Waals surface area (Å²) < 4.78 is 5.32. The van der Waals surface area contributed by atoms with Crippen LogP contribution < -0.4 is 5.32 Å². The Bertz CT molecular complexity index is 965. The van der Waals surface area contributed by atoms with E-state index in [0.29, 0.717) is 12.0 Å². The molecule has 1 aliphatic heterocycles. The van der Waals surface area contributed by atoms with Gasteiger partial charge in [-0.05, 0) is 50.4 Å². The van der Waals surface area contributed by atoms with Crippen molar-refractivity contribution >= 4 is 22.9 Å². The summed E-state index contributed by atoms with van der Waals surface area (Å²) in [5, 5.41) is 4.57. The molecule has 0 saturated carbocycles. The van der Waals surface area contributed by atoms with Gasteiger partial charge >= 0.3 is 12.0 Å². The molecule has 168 valence electrons. The number of amides is 2. The molecule has 2 aromatic rings. The van der Waals surface area contributed by atoms with Crippen LogP contribution in [-0.4, -0.2) is 65.0 Å². The normalized spacial score (nSPS) is 22.8. The van der Waals surface area contributed by atoms with Crippen molar-refractivity contribution in [1.29, 1.82) is 0 Å². The fourth-order valence-electron chi connectivity index (χ4n) is 5.50. The highest BCUT2D eigenvalue weighted by molar-refractivity contribution is 5.90. The van der Waals surface area contributed by atoms with E-state index in [-0.39, 0.29) is 24.6 Å². The van der Waals surface area contributed by atoms with Crippen LogP contribution in [0.15, 0.2) is 18.2 Å². The van der Waals surface area contributed by atoms with Crippen LogP contribution >= 0.6 is 0 Å². The van der Waals surface area contributed by atoms with Crippen LogP contribution in [0.1, 0.15) is 56.9 Å². The maximum atomic E-state index is 12.7. The quantitative estimate of drug-likeness (QED) is 0.694. The van der Waals surface area contributed by atoms with Gasteiger partial charge in [0.15, 0.2) is 0 Å². The number of likely N-dealkylation sites (tertiary alicyclic amines) is 1. The van der Waals surface area contributed by atoms with Gasteiger partial charge in [-0.15, -0.1) is 0 Å². The number of benzene rings is 1. The molecular formula is C24H34N4O3. The van der Waals surface area contributed by atoms with Crippen molar-refractivity contribution in [3.63, 3.8) is 0 Å². The molecule has 2 heterocycles. The number of piperidine rings is 1. The number of rotatable bonds is 6. The standard InChI is InChI=1S/C24H34N4O3/c1-5-27(6-2)24(30)25-16-11-18-17-9-8-10-20-23(17)19(12-22(18)28(7-3)13-16)21(26-20)14-31-15(4)29/h8-10,16,18,22,26H,5-7,11-14H2,1-4H3,(H,25,30)/t16-,18+,22+/m0/s1. The molecular weight excluding hydrogens is 392 g/mol. The molecule has 31 heavy (non-hydrogen) atoms. The van der Waals surface area contributed by atoms with E-state index in [9.17, 15) is 9.59 Å². The molecule has 1 fully saturated rings. The minimum atomic E-state index is -0.264. The molecule has 7 heteroatoms. The summed E-state index contributed by atoms with van der Waals surface area (Å²) in [5.74, 6) is 0.101. The van der Waals surface area contributed by atoms with Crippen molar-refractivity contribution < 1.29 is 14.3 Å². The van der Waals surface area contributed by atoms with Gasteiger partial charge in [-0.3, -0.25) is 9.69 Å². The van der Waals surface area contributed by atoms with Crippen LogP contribution in [0.25, 0.3) is 10.9 Å². The topological polar surface area (TPSA) is 77.7 Å². The van der Waals surface area contributed by atoms with E-state index in [1.165, 1.54) is 23.4 Å². The highest BCUT2D eigenvalue weighted by Crippen LogP contribution is 2.44. The first-order valence-corrected chi connectivity index (χ1v) is 11.5. The molecule has 1 aliphatic carbocycles. The fourth-order valence-corrected chi connectivity index (χ4v) is 5.50. The van der Waals surface area contributed by atoms with Crippen molar-refractivity contribution in [3.8, 4) is 0 Å². The Morgan fingerprint density at radius 3 is 2.71 bits per heavy atom. The van der Waals surface area contributed by atoms with E-state index in [4.69, 9.17) is 4.74 Å². The number of nitrogens with zero attached hydrogens (tertiary/aromatic N) is 2. The average molecular weight is 427 g/mol. The maximum absolute atomic E-state index is 12.7. The number of hydrogen-bond acceptors (Lipinski definition) is 4. The third-order valence-corrected chi connectivity index (χ3v) is 6.99. The van der Waals surface area contributed by atoms with E-state index < -0.39 is 0 Å². The van der Waals surface area contributed by atoms with Gasteiger partial charge in [0.05, 0.1) is 5.69 Å². The lowest BCUT2D eigenvalue weighted by atomic mass is 9.73. The molecule has 0 unspecified atom stereocenters. The van der Waals surface area contributed by atoms with Crippen LogP contribution in [-0.2, 0) is 22.6 Å². The summed E-state index contributed by atoms with van der Waals surface area (Å²) in [6.07, 6.45) is 1.88. The second-order valence-electron chi connectivity index (χ2n) is 8.65. The molecule has 0 radical (unpaired) electrons. The summed E-state index contributed by atoms with van der Waals surface area (Å²) in [6, 6.07) is 6.98. The first-order valence-electron chi connectivity index (χ1n) is 11.5. The molecule has 2 aliphatic rings. The summed E-state index contributed by atoms with van der Waals surface area (Å²) >= 11 is 0. The first-order chi connectivity index (χ1) is 15.0. The predicted molar refractivity (Wildman–Crippen MR) is 121 cm³/mol. The molecule has 0 bridgehead atoms. The Balaban J connectivity index is 1.65. The fraction of sp³-hybridized carbons (Fsp3) is 0.583. The van der Waals surface area contributed by atoms with Crippen molar-refractivity contribution in [2.75, 3.05) is 26.2 Å². The second-order valence-corrected chi connectivity index (χ2v) is 8.65.